The fourth-order valence-electron chi connectivity index (χ4n) is 1.72. The van der Waals surface area contributed by atoms with E-state index in [0.29, 0.717) is 0 Å². The van der Waals surface area contributed by atoms with E-state index in [1.165, 1.54) is 12.7 Å². The van der Waals surface area contributed by atoms with Crippen LogP contribution in [0.4, 0.5) is 5.69 Å². The molecule has 5 heteroatoms. The van der Waals surface area contributed by atoms with Gasteiger partial charge in [0.05, 0.1) is 6.21 Å². The van der Waals surface area contributed by atoms with Gasteiger partial charge in [-0.05, 0) is 11.1 Å². The van der Waals surface area contributed by atoms with Crippen LogP contribution in [0, 0.1) is 0 Å². The van der Waals surface area contributed by atoms with Crippen LogP contribution in [0.1, 0.15) is 0 Å². The van der Waals surface area contributed by atoms with Crippen molar-refractivity contribution < 1.29 is 0 Å². The maximum Gasteiger partial charge on any atom is 0.141 e. The number of hydrogen-bond donors (Lipinski definition) is 0. The lowest BCUT2D eigenvalue weighted by Gasteiger charge is -2.17. The summed E-state index contributed by atoms with van der Waals surface area (Å²) in [7, 11) is 0. The van der Waals surface area contributed by atoms with Crippen LogP contribution < -0.4 is 0 Å². The Hall–Kier alpha value is -2.95. The molecule has 0 spiro atoms. The van der Waals surface area contributed by atoms with Gasteiger partial charge in [-0.15, -0.1) is 15.9 Å². The zero-order valence-corrected chi connectivity index (χ0v) is 10.7. The molecule has 1 aliphatic carbocycles. The number of rotatable bonds is 4. The molecule has 1 aromatic carbocycles. The molecule has 2 aromatic rings. The van der Waals surface area contributed by atoms with Crippen molar-refractivity contribution in [2.45, 2.75) is 0 Å². The lowest BCUT2D eigenvalue weighted by atomic mass is 10.2. The minimum atomic E-state index is 0.926. The smallest absolute Gasteiger partial charge is 0.141 e. The molecule has 0 radical (unpaired) electrons. The van der Waals surface area contributed by atoms with Gasteiger partial charge < -0.3 is 5.32 Å². The van der Waals surface area contributed by atoms with Crippen molar-refractivity contribution >= 4 is 11.9 Å². The fourth-order valence-corrected chi connectivity index (χ4v) is 1.72. The second-order valence-electron chi connectivity index (χ2n) is 4.12. The minimum Gasteiger partial charge on any atom is -0.664 e. The lowest BCUT2D eigenvalue weighted by molar-refractivity contribution is 0.878. The van der Waals surface area contributed by atoms with E-state index in [0.717, 1.165) is 16.8 Å². The molecule has 1 aromatic heterocycles. The van der Waals surface area contributed by atoms with E-state index in [2.05, 4.69) is 20.6 Å². The van der Waals surface area contributed by atoms with E-state index in [-0.39, 0.29) is 0 Å². The normalized spacial score (nSPS) is 16.0. The highest BCUT2D eigenvalue weighted by Crippen LogP contribution is 2.23. The SMILES string of the molecule is C1=C/C(=C/[15N-]c2ccccc2)C(/C=[15N]/[15n]2c[15n][15n]c2)=C1. The standard InChI is InChI=1S/C15H12N5/c1-2-7-15(8-3-1)16-9-13-5-4-6-14(13)10-19-20-11-17-18-12-20/h1-12H/q-1/b13-9-,19-10+/i16+1,17+1,18+1,19+1,20+1. The van der Waals surface area contributed by atoms with Gasteiger partial charge in [-0.3, -0.25) is 0 Å². The minimum absolute atomic E-state index is 0.926. The summed E-state index contributed by atoms with van der Waals surface area (Å²) < 4.78 is 1.55. The molecule has 0 amide bonds. The quantitative estimate of drug-likeness (QED) is 0.631. The highest BCUT2D eigenvalue weighted by Gasteiger charge is 2.01. The Morgan fingerprint density at radius 2 is 1.90 bits per heavy atom. The third-order valence-electron chi connectivity index (χ3n) is 2.73. The summed E-state index contributed by atoms with van der Waals surface area (Å²) >= 11 is 0. The van der Waals surface area contributed by atoms with Crippen molar-refractivity contribution in [3.05, 3.63) is 83.9 Å². The number of aromatic nitrogens is 3. The van der Waals surface area contributed by atoms with E-state index in [9.17, 15) is 0 Å². The molecule has 0 bridgehead atoms. The van der Waals surface area contributed by atoms with Gasteiger partial charge in [-0.2, -0.15) is 11.3 Å². The Labute approximate surface area is 116 Å². The van der Waals surface area contributed by atoms with Gasteiger partial charge >= 0.3 is 0 Å². The van der Waals surface area contributed by atoms with E-state index < -0.39 is 0 Å². The summed E-state index contributed by atoms with van der Waals surface area (Å²) in [5, 5.41) is 16.1. The highest BCUT2D eigenvalue weighted by atomic mass is 16.3. The monoisotopic (exact) mass is 267 g/mol. The molecule has 0 aliphatic heterocycles. The Morgan fingerprint density at radius 3 is 2.70 bits per heavy atom. The third kappa shape index (κ3) is 2.89. The molecule has 1 aliphatic rings. The summed E-state index contributed by atoms with van der Waals surface area (Å²) in [6, 6.07) is 9.83. The maximum atomic E-state index is 4.44. The molecule has 0 atom stereocenters. The van der Waals surface area contributed by atoms with Crippen LogP contribution in [0.5, 0.6) is 0 Å². The molecule has 0 saturated heterocycles. The highest BCUT2D eigenvalue weighted by molar-refractivity contribution is 5.88. The van der Waals surface area contributed by atoms with Gasteiger partial charge in [0.15, 0.2) is 0 Å². The zero-order chi connectivity index (χ0) is 13.6. The van der Waals surface area contributed by atoms with Crippen molar-refractivity contribution in [1.29, 1.82) is 0 Å². The molecule has 0 saturated carbocycles. The molecule has 20 heavy (non-hydrogen) atoms. The zero-order valence-electron chi connectivity index (χ0n) is 10.7. The summed E-state index contributed by atoms with van der Waals surface area (Å²) in [6.45, 7) is 0. The van der Waals surface area contributed by atoms with E-state index in [4.69, 9.17) is 0 Å². The average Bonchev–Trinajstić information content (AvgIpc) is 3.15. The van der Waals surface area contributed by atoms with Gasteiger partial charge in [-0.1, -0.05) is 48.6 Å². The van der Waals surface area contributed by atoms with Gasteiger partial charge in [0.1, 0.15) is 12.7 Å². The van der Waals surface area contributed by atoms with Crippen LogP contribution in [-0.4, -0.2) is 21.1 Å². The second-order valence-corrected chi connectivity index (χ2v) is 4.12. The second kappa shape index (κ2) is 5.79. The topological polar surface area (TPSA) is 57.2 Å². The molecule has 3 rings (SSSR count). The molecule has 0 unspecified atom stereocenters. The van der Waals surface area contributed by atoms with Crippen molar-refractivity contribution in [1.82, 2.24) is 14.9 Å². The molecule has 5 nitrogen and oxygen atoms in total. The van der Waals surface area contributed by atoms with Crippen LogP contribution in [0.25, 0.3) is 5.32 Å². The van der Waals surface area contributed by atoms with Crippen LogP contribution in [0.3, 0.4) is 0 Å². The van der Waals surface area contributed by atoms with Gasteiger partial charge in [0.2, 0.25) is 0 Å². The number of para-hydroxylation sites is 1. The molecule has 1 heterocycles. The predicted molar refractivity (Wildman–Crippen MR) is 78.7 cm³/mol. The summed E-state index contributed by atoms with van der Waals surface area (Å²) in [5.41, 5.74) is 2.94. The molecule has 98 valence electrons. The van der Waals surface area contributed by atoms with E-state index in [1.807, 2.05) is 54.8 Å². The summed E-state index contributed by atoms with van der Waals surface area (Å²) in [6.07, 6.45) is 12.6. The van der Waals surface area contributed by atoms with Crippen molar-refractivity contribution in [2.24, 2.45) is 5.10 Å². The van der Waals surface area contributed by atoms with Gasteiger partial charge in [0, 0.05) is 0 Å². The molecular formula is C15H12N5-. The number of allylic oxidation sites excluding steroid dienone is 5. The Kier molecular flexibility index (Phi) is 3.51. The third-order valence-corrected chi connectivity index (χ3v) is 2.73. The first-order valence-corrected chi connectivity index (χ1v) is 6.15. The van der Waals surface area contributed by atoms with Crippen LogP contribution in [0.2, 0.25) is 0 Å². The predicted octanol–water partition coefficient (Wildman–Crippen LogP) is 3.20. The number of nitrogens with zero attached hydrogens (tertiary/aromatic N) is 5. The molecule has 0 fully saturated rings. The van der Waals surface area contributed by atoms with Crippen LogP contribution in [0.15, 0.2) is 83.7 Å². The largest absolute Gasteiger partial charge is 0.664 e. The van der Waals surface area contributed by atoms with Crippen LogP contribution >= 0.6 is 0 Å². The summed E-state index contributed by atoms with van der Waals surface area (Å²) in [5.74, 6) is 0. The van der Waals surface area contributed by atoms with E-state index in [1.54, 1.807) is 10.9 Å². The Morgan fingerprint density at radius 1 is 1.10 bits per heavy atom. The Bertz CT molecular complexity index is 678. The first kappa shape index (κ1) is 12.1. The number of hydrogen-bond acceptors (Lipinski definition) is 3. The molecule has 0 N–H and O–H groups in total. The molecular weight excluding hydrogens is 255 g/mol. The van der Waals surface area contributed by atoms with Crippen molar-refractivity contribution in [3.8, 4) is 0 Å². The van der Waals surface area contributed by atoms with Crippen molar-refractivity contribution in [2.75, 3.05) is 0 Å². The Balaban J connectivity index is 1.70. The van der Waals surface area contributed by atoms with Crippen molar-refractivity contribution in [3.63, 3.8) is 0 Å². The van der Waals surface area contributed by atoms with Gasteiger partial charge in [0.25, 0.3) is 0 Å². The lowest BCUT2D eigenvalue weighted by Crippen LogP contribution is -1.89. The fraction of sp³-hybridized carbons (Fsp3) is 0. The first-order chi connectivity index (χ1) is 9.92. The first-order valence-electron chi connectivity index (χ1n) is 6.15. The number of benzene rings is 1. The maximum absolute atomic E-state index is 4.44. The van der Waals surface area contributed by atoms with Gasteiger partial charge in [-0.25, -0.2) is 4.68 Å². The van der Waals surface area contributed by atoms with Crippen LogP contribution in [-0.2, 0) is 0 Å². The van der Waals surface area contributed by atoms with E-state index >= 15 is 0 Å². The summed E-state index contributed by atoms with van der Waals surface area (Å²) in [4.78, 5) is 0. The average molecular weight is 267 g/mol.